The van der Waals surface area contributed by atoms with Crippen LogP contribution in [0, 0.1) is 0 Å². The first-order chi connectivity index (χ1) is 10.1. The van der Waals surface area contributed by atoms with Gasteiger partial charge in [-0.2, -0.15) is 0 Å². The molecule has 2 rings (SSSR count). The smallest absolute Gasteiger partial charge is 0.238 e. The zero-order valence-electron chi connectivity index (χ0n) is 12.7. The monoisotopic (exact) mass is 292 g/mol. The Balaban J connectivity index is 1.80. The minimum atomic E-state index is -0.0556. The molecule has 1 unspecified atom stereocenters. The van der Waals surface area contributed by atoms with Gasteiger partial charge in [-0.15, -0.1) is 0 Å². The quantitative estimate of drug-likeness (QED) is 0.808. The van der Waals surface area contributed by atoms with Crippen molar-refractivity contribution in [3.63, 3.8) is 0 Å². The van der Waals surface area contributed by atoms with Crippen LogP contribution in [-0.4, -0.2) is 37.8 Å². The topological polar surface area (TPSA) is 59.6 Å². The Hall–Kier alpha value is -1.59. The molecule has 116 valence electrons. The number of nitrogens with one attached hydrogen (secondary N) is 2. The van der Waals surface area contributed by atoms with Gasteiger partial charge in [-0.3, -0.25) is 4.79 Å². The molecule has 1 fully saturated rings. The van der Waals surface area contributed by atoms with Crippen molar-refractivity contribution in [2.45, 2.75) is 38.8 Å². The molecule has 1 amide bonds. The summed E-state index contributed by atoms with van der Waals surface area (Å²) in [5.74, 6) is 0.695. The molecular weight excluding hydrogens is 268 g/mol. The summed E-state index contributed by atoms with van der Waals surface area (Å²) in [7, 11) is 0. The van der Waals surface area contributed by atoms with Crippen molar-refractivity contribution in [3.8, 4) is 5.75 Å². The first-order valence-electron chi connectivity index (χ1n) is 7.51. The van der Waals surface area contributed by atoms with E-state index in [9.17, 15) is 4.79 Å². The number of amides is 1. The molecule has 5 nitrogen and oxygen atoms in total. The molecule has 0 aromatic heterocycles. The van der Waals surface area contributed by atoms with E-state index in [1.54, 1.807) is 0 Å². The van der Waals surface area contributed by atoms with Crippen LogP contribution in [0.2, 0.25) is 0 Å². The van der Waals surface area contributed by atoms with Gasteiger partial charge in [-0.1, -0.05) is 19.9 Å². The van der Waals surface area contributed by atoms with Gasteiger partial charge in [0.1, 0.15) is 12.4 Å². The molecular formula is C16H24N2O3. The van der Waals surface area contributed by atoms with Crippen LogP contribution < -0.4 is 15.4 Å². The molecule has 2 N–H and O–H groups in total. The van der Waals surface area contributed by atoms with Crippen LogP contribution in [0.5, 0.6) is 5.75 Å². The van der Waals surface area contributed by atoms with Crippen molar-refractivity contribution < 1.29 is 14.3 Å². The van der Waals surface area contributed by atoms with Gasteiger partial charge >= 0.3 is 0 Å². The number of hydrogen-bond acceptors (Lipinski definition) is 4. The lowest BCUT2D eigenvalue weighted by molar-refractivity contribution is -0.115. The highest BCUT2D eigenvalue weighted by atomic mass is 16.5. The molecule has 0 saturated carbocycles. The van der Waals surface area contributed by atoms with Crippen LogP contribution in [0.4, 0.5) is 5.69 Å². The third-order valence-corrected chi connectivity index (χ3v) is 3.25. The molecule has 0 radical (unpaired) electrons. The summed E-state index contributed by atoms with van der Waals surface area (Å²) in [5, 5.41) is 5.94. The Kier molecular flexibility index (Phi) is 6.02. The van der Waals surface area contributed by atoms with E-state index in [4.69, 9.17) is 9.47 Å². The summed E-state index contributed by atoms with van der Waals surface area (Å²) in [6.45, 7) is 5.71. The molecule has 1 aromatic carbocycles. The van der Waals surface area contributed by atoms with Crippen molar-refractivity contribution in [3.05, 3.63) is 24.3 Å². The first-order valence-corrected chi connectivity index (χ1v) is 7.51. The maximum atomic E-state index is 11.8. The SMILES string of the molecule is CC(C)NCC(=O)Nc1cccc(OCC2CCCO2)c1. The van der Waals surface area contributed by atoms with Gasteiger partial charge in [-0.05, 0) is 25.0 Å². The third-order valence-electron chi connectivity index (χ3n) is 3.25. The molecule has 21 heavy (non-hydrogen) atoms. The van der Waals surface area contributed by atoms with Gasteiger partial charge in [0.05, 0.1) is 12.6 Å². The van der Waals surface area contributed by atoms with Crippen LogP contribution in [0.3, 0.4) is 0 Å². The van der Waals surface area contributed by atoms with Gasteiger partial charge in [0.2, 0.25) is 5.91 Å². The summed E-state index contributed by atoms with van der Waals surface area (Å²) in [5.41, 5.74) is 0.746. The van der Waals surface area contributed by atoms with Crippen molar-refractivity contribution in [1.29, 1.82) is 0 Å². The molecule has 0 bridgehead atoms. The third kappa shape index (κ3) is 5.73. The maximum absolute atomic E-state index is 11.8. The van der Waals surface area contributed by atoms with E-state index >= 15 is 0 Å². The van der Waals surface area contributed by atoms with Crippen molar-refractivity contribution >= 4 is 11.6 Å². The van der Waals surface area contributed by atoms with Gasteiger partial charge in [-0.25, -0.2) is 0 Å². The fourth-order valence-corrected chi connectivity index (χ4v) is 2.13. The van der Waals surface area contributed by atoms with Gasteiger partial charge < -0.3 is 20.1 Å². The second-order valence-corrected chi connectivity index (χ2v) is 5.56. The highest BCUT2D eigenvalue weighted by Gasteiger charge is 2.16. The maximum Gasteiger partial charge on any atom is 0.238 e. The molecule has 0 spiro atoms. The van der Waals surface area contributed by atoms with E-state index in [-0.39, 0.29) is 18.1 Å². The highest BCUT2D eigenvalue weighted by Crippen LogP contribution is 2.19. The normalized spacial score (nSPS) is 18.0. The number of benzene rings is 1. The molecule has 1 saturated heterocycles. The number of anilines is 1. The molecule has 1 aliphatic heterocycles. The Morgan fingerprint density at radius 1 is 1.48 bits per heavy atom. The summed E-state index contributed by atoms with van der Waals surface area (Å²) in [6.07, 6.45) is 2.35. The van der Waals surface area contributed by atoms with E-state index in [2.05, 4.69) is 10.6 Å². The molecule has 1 atom stereocenters. The second-order valence-electron chi connectivity index (χ2n) is 5.56. The van der Waals surface area contributed by atoms with Crippen LogP contribution in [0.1, 0.15) is 26.7 Å². The molecule has 1 aromatic rings. The Morgan fingerprint density at radius 2 is 2.33 bits per heavy atom. The number of carbonyl (C=O) groups is 1. The summed E-state index contributed by atoms with van der Waals surface area (Å²) < 4.78 is 11.2. The van der Waals surface area contributed by atoms with Gasteiger partial charge in [0.25, 0.3) is 0 Å². The first kappa shape index (κ1) is 15.8. The Bertz CT molecular complexity index is 457. The molecule has 1 heterocycles. The predicted octanol–water partition coefficient (Wildman–Crippen LogP) is 2.18. The zero-order chi connectivity index (χ0) is 15.1. The standard InChI is InChI=1S/C16H24N2O3/c1-12(2)17-10-16(19)18-13-5-3-6-14(9-13)21-11-15-7-4-8-20-15/h3,5-6,9,12,15,17H,4,7-8,10-11H2,1-2H3,(H,18,19). The lowest BCUT2D eigenvalue weighted by Gasteiger charge is -2.13. The van der Waals surface area contributed by atoms with E-state index in [0.717, 1.165) is 30.9 Å². The van der Waals surface area contributed by atoms with Crippen LogP contribution in [0.25, 0.3) is 0 Å². The predicted molar refractivity (Wildman–Crippen MR) is 82.7 cm³/mol. The lowest BCUT2D eigenvalue weighted by Crippen LogP contribution is -2.32. The summed E-state index contributed by atoms with van der Waals surface area (Å²) >= 11 is 0. The molecule has 0 aliphatic carbocycles. The van der Waals surface area contributed by atoms with Gasteiger partial charge in [0.15, 0.2) is 0 Å². The fourth-order valence-electron chi connectivity index (χ4n) is 2.13. The van der Waals surface area contributed by atoms with E-state index in [1.165, 1.54) is 0 Å². The van der Waals surface area contributed by atoms with E-state index in [1.807, 2.05) is 38.1 Å². The molecule has 1 aliphatic rings. The number of carbonyl (C=O) groups excluding carboxylic acids is 1. The van der Waals surface area contributed by atoms with Crippen molar-refractivity contribution in [2.24, 2.45) is 0 Å². The van der Waals surface area contributed by atoms with Crippen LogP contribution in [0.15, 0.2) is 24.3 Å². The van der Waals surface area contributed by atoms with E-state index in [0.29, 0.717) is 13.2 Å². The Morgan fingerprint density at radius 3 is 3.05 bits per heavy atom. The average Bonchev–Trinajstić information content (AvgIpc) is 2.97. The fraction of sp³-hybridized carbons (Fsp3) is 0.562. The zero-order valence-corrected chi connectivity index (χ0v) is 12.7. The van der Waals surface area contributed by atoms with Crippen molar-refractivity contribution in [1.82, 2.24) is 5.32 Å². The number of hydrogen-bond donors (Lipinski definition) is 2. The number of ether oxygens (including phenoxy) is 2. The summed E-state index contributed by atoms with van der Waals surface area (Å²) in [4.78, 5) is 11.8. The minimum Gasteiger partial charge on any atom is -0.491 e. The number of rotatable bonds is 7. The van der Waals surface area contributed by atoms with Crippen molar-refractivity contribution in [2.75, 3.05) is 25.1 Å². The second kappa shape index (κ2) is 8.00. The molecule has 5 heteroatoms. The lowest BCUT2D eigenvalue weighted by atomic mass is 10.2. The van der Waals surface area contributed by atoms with Crippen LogP contribution >= 0.6 is 0 Å². The summed E-state index contributed by atoms with van der Waals surface area (Å²) in [6, 6.07) is 7.73. The van der Waals surface area contributed by atoms with Crippen LogP contribution in [-0.2, 0) is 9.53 Å². The van der Waals surface area contributed by atoms with Gasteiger partial charge in [0, 0.05) is 24.4 Å². The van der Waals surface area contributed by atoms with E-state index < -0.39 is 0 Å². The highest BCUT2D eigenvalue weighted by molar-refractivity contribution is 5.92. The Labute approximate surface area is 126 Å². The largest absolute Gasteiger partial charge is 0.491 e. The average molecular weight is 292 g/mol. The minimum absolute atomic E-state index is 0.0556.